The zero-order chi connectivity index (χ0) is 46.8. The third-order valence-electron chi connectivity index (χ3n) is 13.2. The smallest absolute Gasteiger partial charge is 0.417 e. The van der Waals surface area contributed by atoms with Crippen LogP contribution < -0.4 is 24.5 Å². The molecule has 5 aromatic rings. The van der Waals surface area contributed by atoms with Gasteiger partial charge in [-0.2, -0.15) is 18.2 Å². The van der Waals surface area contributed by atoms with E-state index < -0.39 is 81.2 Å². The number of phenolic OH excluding ortho intramolecular Hbond substituents is 1. The Hall–Kier alpha value is -6.84. The zero-order valence-electron chi connectivity index (χ0n) is 35.3. The number of aromatic hydroxyl groups is 1. The number of nitrogens with zero attached hydrogens (tertiary/aromatic N) is 3. The molecule has 4 aliphatic rings. The molecule has 1 saturated carbocycles. The number of anilines is 2. The molecule has 4 amide bonds. The van der Waals surface area contributed by atoms with Crippen molar-refractivity contribution in [2.45, 2.75) is 30.4 Å². The van der Waals surface area contributed by atoms with E-state index in [0.29, 0.717) is 50.6 Å². The van der Waals surface area contributed by atoms with Gasteiger partial charge in [0.05, 0.1) is 60.8 Å². The monoisotopic (exact) mass is 938 g/mol. The SMILES string of the molecule is COc1ccc(OC)c(C=Cc2ccc(N3C(=O)[C@H]4[C@H](CC=C5[C@H]4C[C@H]4C(=O)N(Nc6ncc(C(F)(F)F)cc6Cl)C(=O)[C@@]4(c4ccc(Cl)cc4)[C@H]5c4cccc(OC)c4O)C3=O)cc2)c1. The van der Waals surface area contributed by atoms with Crippen LogP contribution in [0.4, 0.5) is 24.7 Å². The minimum absolute atomic E-state index is 0.0680. The van der Waals surface area contributed by atoms with Crippen molar-refractivity contribution >= 4 is 70.5 Å². The van der Waals surface area contributed by atoms with Gasteiger partial charge in [0, 0.05) is 28.3 Å². The van der Waals surface area contributed by atoms with E-state index in [1.807, 2.05) is 24.3 Å². The second-order valence-corrected chi connectivity index (χ2v) is 17.2. The highest BCUT2D eigenvalue weighted by Crippen LogP contribution is 2.65. The van der Waals surface area contributed by atoms with E-state index >= 15 is 9.59 Å². The highest BCUT2D eigenvalue weighted by molar-refractivity contribution is 6.33. The third-order valence-corrected chi connectivity index (χ3v) is 13.7. The average molecular weight is 940 g/mol. The fourth-order valence-electron chi connectivity index (χ4n) is 10.2. The summed E-state index contributed by atoms with van der Waals surface area (Å²) in [6.07, 6.45) is 1.26. The molecule has 2 aliphatic heterocycles. The number of rotatable bonds is 10. The number of phenols is 1. The van der Waals surface area contributed by atoms with Crippen molar-refractivity contribution in [1.29, 1.82) is 0 Å². The standard InChI is InChI=1S/C49H39Cl2F3N4O8/c1-64-31-17-20-38(65-2)26(21-31)10-7-25-8-15-30(16-9-25)57-44(60)33-19-18-32-35(40(33)46(57)62)23-36-45(61)58(56-43-37(51)22-28(24-55-43)49(52,53)54)47(63)48(36,27-11-13-29(50)14-12-27)41(32)34-5-4-6-39(66-3)42(34)59/h4-18,20-22,24,33,35-36,40-41,59H,19,23H2,1-3H3,(H,55,56)/t33-,35+,36-,40-,41+,48+/m0/s1. The van der Waals surface area contributed by atoms with Gasteiger partial charge in [-0.05, 0) is 84.5 Å². The van der Waals surface area contributed by atoms with Gasteiger partial charge in [-0.1, -0.05) is 83.4 Å². The number of amides is 4. The summed E-state index contributed by atoms with van der Waals surface area (Å²) < 4.78 is 57.2. The molecular formula is C49H39Cl2F3N4O8. The number of alkyl halides is 3. The van der Waals surface area contributed by atoms with Gasteiger partial charge >= 0.3 is 6.18 Å². The first-order valence-corrected chi connectivity index (χ1v) is 21.5. The van der Waals surface area contributed by atoms with Crippen LogP contribution >= 0.6 is 23.2 Å². The number of allylic oxidation sites excluding steroid dienone is 2. The molecule has 0 unspecified atom stereocenters. The molecular weight excluding hydrogens is 900 g/mol. The summed E-state index contributed by atoms with van der Waals surface area (Å²) in [6, 6.07) is 24.0. The Bertz CT molecular complexity index is 2870. The Morgan fingerprint density at radius 2 is 1.56 bits per heavy atom. The number of hydrogen-bond acceptors (Lipinski definition) is 10. The molecule has 12 nitrogen and oxygen atoms in total. The second-order valence-electron chi connectivity index (χ2n) is 16.4. The number of nitrogens with one attached hydrogen (secondary N) is 1. The van der Waals surface area contributed by atoms with Crippen LogP contribution in [0.5, 0.6) is 23.0 Å². The number of ether oxygens (including phenoxy) is 3. The summed E-state index contributed by atoms with van der Waals surface area (Å²) in [5.74, 6) is -7.00. The van der Waals surface area contributed by atoms with Crippen LogP contribution in [0.2, 0.25) is 10.0 Å². The van der Waals surface area contributed by atoms with Crippen molar-refractivity contribution < 1.29 is 51.7 Å². The number of carbonyl (C=O) groups excluding carboxylic acids is 4. The van der Waals surface area contributed by atoms with Crippen LogP contribution in [0, 0.1) is 23.7 Å². The van der Waals surface area contributed by atoms with Crippen molar-refractivity contribution in [3.05, 3.63) is 147 Å². The number of para-hydroxylation sites is 1. The quantitative estimate of drug-likeness (QED) is 0.0789. The Kier molecular flexibility index (Phi) is 11.3. The van der Waals surface area contributed by atoms with E-state index in [0.717, 1.165) is 16.0 Å². The fourth-order valence-corrected chi connectivity index (χ4v) is 10.5. The predicted molar refractivity (Wildman–Crippen MR) is 239 cm³/mol. The normalized spacial score (nSPS) is 23.7. The predicted octanol–water partition coefficient (Wildman–Crippen LogP) is 9.50. The molecule has 9 rings (SSSR count). The van der Waals surface area contributed by atoms with Gasteiger partial charge in [0.1, 0.15) is 11.5 Å². The maximum atomic E-state index is 15.5. The van der Waals surface area contributed by atoms with Crippen molar-refractivity contribution in [2.75, 3.05) is 31.7 Å². The summed E-state index contributed by atoms with van der Waals surface area (Å²) in [5, 5.41) is 12.4. The van der Waals surface area contributed by atoms with E-state index in [4.69, 9.17) is 37.4 Å². The molecule has 2 aliphatic carbocycles. The number of hydrazine groups is 1. The van der Waals surface area contributed by atoms with Crippen molar-refractivity contribution in [3.8, 4) is 23.0 Å². The molecule has 0 spiro atoms. The molecule has 17 heteroatoms. The second kappa shape index (κ2) is 16.9. The van der Waals surface area contributed by atoms with Crippen LogP contribution in [0.25, 0.3) is 12.2 Å². The van der Waals surface area contributed by atoms with Crippen LogP contribution in [-0.4, -0.2) is 60.1 Å². The molecule has 4 aromatic carbocycles. The Morgan fingerprint density at radius 1 is 0.833 bits per heavy atom. The lowest BCUT2D eigenvalue weighted by atomic mass is 9.49. The minimum atomic E-state index is -4.78. The van der Waals surface area contributed by atoms with Crippen molar-refractivity contribution in [2.24, 2.45) is 23.7 Å². The largest absolute Gasteiger partial charge is 0.504 e. The van der Waals surface area contributed by atoms with Gasteiger partial charge in [-0.3, -0.25) is 29.5 Å². The summed E-state index contributed by atoms with van der Waals surface area (Å²) in [5.41, 5.74) is 2.54. The van der Waals surface area contributed by atoms with Gasteiger partial charge in [-0.25, -0.2) is 4.98 Å². The van der Waals surface area contributed by atoms with Gasteiger partial charge in [0.25, 0.3) is 11.8 Å². The number of benzene rings is 4. The van der Waals surface area contributed by atoms with E-state index in [1.54, 1.807) is 87.0 Å². The average Bonchev–Trinajstić information content (AvgIpc) is 3.69. The Labute approximate surface area is 386 Å². The van der Waals surface area contributed by atoms with E-state index in [2.05, 4.69) is 10.4 Å². The first-order valence-electron chi connectivity index (χ1n) is 20.7. The number of carbonyl (C=O) groups is 4. The fraction of sp³-hybridized carbons (Fsp3) is 0.245. The Balaban J connectivity index is 1.13. The van der Waals surface area contributed by atoms with Gasteiger partial charge in [0.15, 0.2) is 17.3 Å². The molecule has 2 saturated heterocycles. The number of halogens is 5. The molecule has 66 heavy (non-hydrogen) atoms. The van der Waals surface area contributed by atoms with E-state index in [1.165, 1.54) is 13.2 Å². The molecule has 1 aromatic heterocycles. The number of imide groups is 2. The van der Waals surface area contributed by atoms with Gasteiger partial charge < -0.3 is 19.3 Å². The van der Waals surface area contributed by atoms with Crippen LogP contribution in [-0.2, 0) is 30.8 Å². The third kappa shape index (κ3) is 7.12. The number of fused-ring (bicyclic) bond motifs is 4. The van der Waals surface area contributed by atoms with Crippen molar-refractivity contribution in [1.82, 2.24) is 9.99 Å². The molecule has 3 heterocycles. The number of aromatic nitrogens is 1. The molecule has 3 fully saturated rings. The summed E-state index contributed by atoms with van der Waals surface area (Å²) >= 11 is 12.7. The highest BCUT2D eigenvalue weighted by Gasteiger charge is 2.71. The maximum absolute atomic E-state index is 15.5. The lowest BCUT2D eigenvalue weighted by Crippen LogP contribution is -2.53. The first kappa shape index (κ1) is 44.4. The van der Waals surface area contributed by atoms with Gasteiger partial charge in [-0.15, -0.1) is 0 Å². The van der Waals surface area contributed by atoms with Crippen molar-refractivity contribution in [3.63, 3.8) is 0 Å². The lowest BCUT2D eigenvalue weighted by molar-refractivity contribution is -0.139. The van der Waals surface area contributed by atoms with E-state index in [-0.39, 0.29) is 29.9 Å². The molecule has 2 N–H and O–H groups in total. The maximum Gasteiger partial charge on any atom is 0.417 e. The summed E-state index contributed by atoms with van der Waals surface area (Å²) in [7, 11) is 4.50. The molecule has 6 atom stereocenters. The van der Waals surface area contributed by atoms with Crippen LogP contribution in [0.1, 0.15) is 46.6 Å². The first-order chi connectivity index (χ1) is 31.6. The van der Waals surface area contributed by atoms with Crippen LogP contribution in [0.3, 0.4) is 0 Å². The summed E-state index contributed by atoms with van der Waals surface area (Å²) in [4.78, 5) is 64.8. The lowest BCUT2D eigenvalue weighted by Gasteiger charge is -2.50. The topological polar surface area (TPSA) is 148 Å². The zero-order valence-corrected chi connectivity index (χ0v) is 36.8. The number of methoxy groups -OCH3 is 3. The summed E-state index contributed by atoms with van der Waals surface area (Å²) in [6.45, 7) is 0. The highest BCUT2D eigenvalue weighted by atomic mass is 35.5. The van der Waals surface area contributed by atoms with E-state index in [9.17, 15) is 27.9 Å². The Morgan fingerprint density at radius 3 is 2.23 bits per heavy atom. The number of hydrogen-bond donors (Lipinski definition) is 2. The van der Waals surface area contributed by atoms with Crippen LogP contribution in [0.15, 0.2) is 109 Å². The number of pyridine rings is 1. The molecule has 0 bridgehead atoms. The molecule has 0 radical (unpaired) electrons. The minimum Gasteiger partial charge on any atom is -0.504 e. The van der Waals surface area contributed by atoms with Gasteiger partial charge in [0.2, 0.25) is 11.8 Å². The molecule has 338 valence electrons.